The molecule has 1 nitrogen and oxygen atoms in total. The summed E-state index contributed by atoms with van der Waals surface area (Å²) in [6.45, 7) is 0. The standard InChI is InChI=1S/C32H26F10O/c33-24-15-21-12-22(16-25(34)28(21)30(37)23(24)10-11-31(38,39)40)43-32(41,42)29-26(35)13-20(14-27(29)36)19-8-6-18(7-9-19)17-4-2-1-3-5-17/h12-19H,1-9H2. The molecule has 0 radical (unpaired) electrons. The van der Waals surface area contributed by atoms with Crippen LogP contribution in [-0.2, 0) is 6.11 Å². The zero-order chi connectivity index (χ0) is 31.1. The van der Waals surface area contributed by atoms with Gasteiger partial charge in [0.1, 0.15) is 34.6 Å². The van der Waals surface area contributed by atoms with Crippen molar-refractivity contribution in [3.63, 3.8) is 0 Å². The van der Waals surface area contributed by atoms with E-state index in [1.54, 1.807) is 0 Å². The summed E-state index contributed by atoms with van der Waals surface area (Å²) in [6.07, 6.45) is -0.584. The number of fused-ring (bicyclic) bond motifs is 1. The number of ether oxygens (including phenoxy) is 1. The van der Waals surface area contributed by atoms with Crippen molar-refractivity contribution in [2.45, 2.75) is 76.0 Å². The van der Waals surface area contributed by atoms with E-state index in [0.29, 0.717) is 42.7 Å². The molecule has 2 saturated carbocycles. The lowest BCUT2D eigenvalue weighted by molar-refractivity contribution is -0.189. The summed E-state index contributed by atoms with van der Waals surface area (Å²) in [5.74, 6) is -6.27. The van der Waals surface area contributed by atoms with E-state index in [0.717, 1.165) is 25.0 Å². The van der Waals surface area contributed by atoms with Crippen LogP contribution in [0, 0.1) is 52.8 Å². The van der Waals surface area contributed by atoms with Gasteiger partial charge in [-0.15, -0.1) is 0 Å². The van der Waals surface area contributed by atoms with E-state index >= 15 is 17.6 Å². The highest BCUT2D eigenvalue weighted by Crippen LogP contribution is 2.44. The lowest BCUT2D eigenvalue weighted by Gasteiger charge is -2.36. The average molecular weight is 617 g/mol. The van der Waals surface area contributed by atoms with Crippen LogP contribution in [0.2, 0.25) is 0 Å². The highest BCUT2D eigenvalue weighted by Gasteiger charge is 2.42. The van der Waals surface area contributed by atoms with Gasteiger partial charge in [0.05, 0.1) is 10.9 Å². The second kappa shape index (κ2) is 11.9. The molecule has 3 aromatic rings. The fourth-order valence-electron chi connectivity index (χ4n) is 6.53. The molecule has 0 bridgehead atoms. The molecular formula is C32H26F10O. The summed E-state index contributed by atoms with van der Waals surface area (Å²) >= 11 is 0. The Labute approximate surface area is 241 Å². The minimum Gasteiger partial charge on any atom is -0.429 e. The van der Waals surface area contributed by atoms with Gasteiger partial charge in [-0.05, 0) is 78.7 Å². The zero-order valence-electron chi connectivity index (χ0n) is 22.7. The minimum absolute atomic E-state index is 0.197. The molecule has 5 rings (SSSR count). The van der Waals surface area contributed by atoms with Crippen LogP contribution < -0.4 is 4.74 Å². The van der Waals surface area contributed by atoms with E-state index in [2.05, 4.69) is 4.74 Å². The molecule has 0 heterocycles. The van der Waals surface area contributed by atoms with Crippen LogP contribution in [0.5, 0.6) is 5.75 Å². The first kappa shape index (κ1) is 31.0. The average Bonchev–Trinajstić information content (AvgIpc) is 2.91. The summed E-state index contributed by atoms with van der Waals surface area (Å²) in [6, 6.07) is 2.88. The van der Waals surface area contributed by atoms with Crippen LogP contribution in [0.1, 0.15) is 80.4 Å². The van der Waals surface area contributed by atoms with Crippen molar-refractivity contribution in [3.05, 3.63) is 76.1 Å². The zero-order valence-corrected chi connectivity index (χ0v) is 22.7. The van der Waals surface area contributed by atoms with Crippen LogP contribution in [-0.4, -0.2) is 6.18 Å². The number of hydrogen-bond acceptors (Lipinski definition) is 1. The molecule has 43 heavy (non-hydrogen) atoms. The van der Waals surface area contributed by atoms with Crippen LogP contribution in [0.3, 0.4) is 0 Å². The predicted octanol–water partition coefficient (Wildman–Crippen LogP) is 10.4. The van der Waals surface area contributed by atoms with Gasteiger partial charge in [-0.3, -0.25) is 0 Å². The maximum atomic E-state index is 15.1. The molecule has 0 spiro atoms. The van der Waals surface area contributed by atoms with Gasteiger partial charge in [-0.2, -0.15) is 22.0 Å². The smallest absolute Gasteiger partial charge is 0.429 e. The Bertz CT molecular complexity index is 1550. The number of hydrogen-bond donors (Lipinski definition) is 0. The monoisotopic (exact) mass is 616 g/mol. The number of benzene rings is 3. The van der Waals surface area contributed by atoms with Crippen molar-refractivity contribution in [2.24, 2.45) is 11.8 Å². The summed E-state index contributed by atoms with van der Waals surface area (Å²) in [5.41, 5.74) is -2.85. The summed E-state index contributed by atoms with van der Waals surface area (Å²) < 4.78 is 145. The van der Waals surface area contributed by atoms with E-state index in [1.807, 2.05) is 0 Å². The number of alkyl halides is 5. The van der Waals surface area contributed by atoms with Crippen LogP contribution >= 0.6 is 0 Å². The molecule has 0 saturated heterocycles. The molecule has 230 valence electrons. The van der Waals surface area contributed by atoms with E-state index < -0.39 is 69.0 Å². The molecule has 11 heteroatoms. The van der Waals surface area contributed by atoms with E-state index in [1.165, 1.54) is 38.0 Å². The van der Waals surface area contributed by atoms with Crippen molar-refractivity contribution in [2.75, 3.05) is 0 Å². The Morgan fingerprint density at radius 2 is 1.26 bits per heavy atom. The van der Waals surface area contributed by atoms with E-state index in [4.69, 9.17) is 0 Å². The SMILES string of the molecule is Fc1cc2cc(OC(F)(F)c3c(F)cc(C4CCC(C5CCCCC5)CC4)cc3F)cc(F)c2c(F)c1C#CC(F)(F)F. The Balaban J connectivity index is 1.37. The predicted molar refractivity (Wildman–Crippen MR) is 139 cm³/mol. The van der Waals surface area contributed by atoms with E-state index in [9.17, 15) is 26.3 Å². The molecule has 0 atom stereocenters. The number of halogens is 10. The Morgan fingerprint density at radius 3 is 1.86 bits per heavy atom. The van der Waals surface area contributed by atoms with E-state index in [-0.39, 0.29) is 17.5 Å². The highest BCUT2D eigenvalue weighted by molar-refractivity contribution is 5.87. The molecule has 0 N–H and O–H groups in total. The third-order valence-electron chi connectivity index (χ3n) is 8.54. The quantitative estimate of drug-likeness (QED) is 0.205. The normalized spacial score (nSPS) is 20.1. The highest BCUT2D eigenvalue weighted by atomic mass is 19.4. The maximum Gasteiger partial charge on any atom is 0.458 e. The molecule has 2 fully saturated rings. The summed E-state index contributed by atoms with van der Waals surface area (Å²) in [5, 5.41) is -1.73. The maximum absolute atomic E-state index is 15.1. The van der Waals surface area contributed by atoms with Gasteiger partial charge in [0.25, 0.3) is 0 Å². The number of rotatable bonds is 5. The van der Waals surface area contributed by atoms with Crippen molar-refractivity contribution >= 4 is 10.8 Å². The van der Waals surface area contributed by atoms with Crippen LogP contribution in [0.25, 0.3) is 10.8 Å². The van der Waals surface area contributed by atoms with Crippen molar-refractivity contribution in [3.8, 4) is 17.6 Å². The van der Waals surface area contributed by atoms with Crippen LogP contribution in [0.4, 0.5) is 43.9 Å². The lowest BCUT2D eigenvalue weighted by atomic mass is 9.70. The Morgan fingerprint density at radius 1 is 0.651 bits per heavy atom. The molecular weight excluding hydrogens is 590 g/mol. The third-order valence-corrected chi connectivity index (χ3v) is 8.54. The second-order valence-electron chi connectivity index (χ2n) is 11.3. The van der Waals surface area contributed by atoms with Crippen molar-refractivity contribution < 1.29 is 48.6 Å². The third kappa shape index (κ3) is 6.73. The van der Waals surface area contributed by atoms with Gasteiger partial charge in [-0.25, -0.2) is 22.0 Å². The Hall–Kier alpha value is -3.42. The lowest BCUT2D eigenvalue weighted by Crippen LogP contribution is -2.26. The molecule has 0 unspecified atom stereocenters. The van der Waals surface area contributed by atoms with Gasteiger partial charge in [0.15, 0.2) is 5.82 Å². The fraction of sp³-hybridized carbons (Fsp3) is 0.438. The van der Waals surface area contributed by atoms with Gasteiger partial charge in [-0.1, -0.05) is 38.0 Å². The minimum atomic E-state index is -5.09. The van der Waals surface area contributed by atoms with Gasteiger partial charge < -0.3 is 4.74 Å². The molecule has 2 aliphatic rings. The summed E-state index contributed by atoms with van der Waals surface area (Å²) in [4.78, 5) is 0. The Kier molecular flexibility index (Phi) is 8.61. The van der Waals surface area contributed by atoms with Gasteiger partial charge >= 0.3 is 12.3 Å². The molecule has 0 aliphatic heterocycles. The molecule has 3 aromatic carbocycles. The van der Waals surface area contributed by atoms with Crippen molar-refractivity contribution in [1.29, 1.82) is 0 Å². The van der Waals surface area contributed by atoms with Crippen LogP contribution in [0.15, 0.2) is 30.3 Å². The first-order chi connectivity index (χ1) is 20.2. The summed E-state index contributed by atoms with van der Waals surface area (Å²) in [7, 11) is 0. The largest absolute Gasteiger partial charge is 0.458 e. The topological polar surface area (TPSA) is 9.23 Å². The first-order valence-electron chi connectivity index (χ1n) is 14.0. The second-order valence-corrected chi connectivity index (χ2v) is 11.3. The first-order valence-corrected chi connectivity index (χ1v) is 14.0. The molecule has 0 amide bonds. The molecule has 0 aromatic heterocycles. The van der Waals surface area contributed by atoms with Gasteiger partial charge in [0, 0.05) is 12.0 Å². The van der Waals surface area contributed by atoms with Gasteiger partial charge in [0.2, 0.25) is 0 Å². The molecule has 2 aliphatic carbocycles. The fourth-order valence-corrected chi connectivity index (χ4v) is 6.53. The van der Waals surface area contributed by atoms with Crippen molar-refractivity contribution in [1.82, 2.24) is 0 Å².